The van der Waals surface area contributed by atoms with Crippen molar-refractivity contribution in [2.75, 3.05) is 40.4 Å². The number of nitrogens with one attached hydrogen (secondary N) is 1. The lowest BCUT2D eigenvalue weighted by Crippen LogP contribution is -2.48. The topological polar surface area (TPSA) is 24.5 Å². The van der Waals surface area contributed by atoms with Crippen molar-refractivity contribution >= 4 is 0 Å². The Morgan fingerprint density at radius 1 is 1.12 bits per heavy atom. The first-order valence-corrected chi connectivity index (χ1v) is 6.74. The smallest absolute Gasteiger partial charge is 0.0469 e. The summed E-state index contributed by atoms with van der Waals surface area (Å²) in [5, 5.41) is 3.55. The average Bonchev–Trinajstić information content (AvgIpc) is 2.31. The average molecular weight is 226 g/mol. The monoisotopic (exact) mass is 226 g/mol. The highest BCUT2D eigenvalue weighted by atomic mass is 16.5. The fourth-order valence-electron chi connectivity index (χ4n) is 3.46. The van der Waals surface area contributed by atoms with Crippen LogP contribution in [0.5, 0.6) is 0 Å². The van der Waals surface area contributed by atoms with Crippen LogP contribution in [0.2, 0.25) is 0 Å². The molecule has 0 aromatic rings. The number of hydrogen-bond acceptors (Lipinski definition) is 3. The molecular weight excluding hydrogens is 200 g/mol. The molecule has 2 unspecified atom stereocenters. The molecule has 2 fully saturated rings. The van der Waals surface area contributed by atoms with Crippen molar-refractivity contribution in [1.29, 1.82) is 0 Å². The molecule has 0 aromatic carbocycles. The van der Waals surface area contributed by atoms with Crippen molar-refractivity contribution in [3.63, 3.8) is 0 Å². The first-order chi connectivity index (χ1) is 7.79. The van der Waals surface area contributed by atoms with E-state index in [0.717, 1.165) is 31.1 Å². The quantitative estimate of drug-likeness (QED) is 0.786. The van der Waals surface area contributed by atoms with Gasteiger partial charge in [0.1, 0.15) is 0 Å². The second-order valence-electron chi connectivity index (χ2n) is 5.51. The van der Waals surface area contributed by atoms with Crippen molar-refractivity contribution in [1.82, 2.24) is 10.2 Å². The molecule has 2 saturated heterocycles. The summed E-state index contributed by atoms with van der Waals surface area (Å²) in [5.41, 5.74) is 0. The third kappa shape index (κ3) is 2.96. The molecule has 0 saturated carbocycles. The van der Waals surface area contributed by atoms with Crippen LogP contribution >= 0.6 is 0 Å². The van der Waals surface area contributed by atoms with Crippen LogP contribution in [0, 0.1) is 11.8 Å². The Morgan fingerprint density at radius 2 is 1.88 bits per heavy atom. The van der Waals surface area contributed by atoms with E-state index in [1.54, 1.807) is 0 Å². The highest BCUT2D eigenvalue weighted by Gasteiger charge is 2.32. The van der Waals surface area contributed by atoms with Gasteiger partial charge in [-0.1, -0.05) is 0 Å². The van der Waals surface area contributed by atoms with Crippen molar-refractivity contribution < 1.29 is 4.74 Å². The summed E-state index contributed by atoms with van der Waals surface area (Å²) in [4.78, 5) is 2.45. The predicted octanol–water partition coefficient (Wildman–Crippen LogP) is 1.34. The molecule has 94 valence electrons. The lowest BCUT2D eigenvalue weighted by molar-refractivity contribution is 0.0167. The van der Waals surface area contributed by atoms with Gasteiger partial charge in [-0.15, -0.1) is 0 Å². The van der Waals surface area contributed by atoms with E-state index in [4.69, 9.17) is 4.74 Å². The van der Waals surface area contributed by atoms with Crippen LogP contribution in [0.1, 0.15) is 25.7 Å². The summed E-state index contributed by atoms with van der Waals surface area (Å²) in [6.45, 7) is 4.36. The van der Waals surface area contributed by atoms with E-state index in [1.807, 2.05) is 0 Å². The van der Waals surface area contributed by atoms with E-state index in [-0.39, 0.29) is 0 Å². The van der Waals surface area contributed by atoms with Crippen LogP contribution in [-0.4, -0.2) is 51.3 Å². The number of hydrogen-bond donors (Lipinski definition) is 1. The Kier molecular flexibility index (Phi) is 4.62. The van der Waals surface area contributed by atoms with Gasteiger partial charge in [-0.05, 0) is 64.7 Å². The van der Waals surface area contributed by atoms with Gasteiger partial charge in [-0.2, -0.15) is 0 Å². The highest BCUT2D eigenvalue weighted by Crippen LogP contribution is 2.29. The lowest BCUT2D eigenvalue weighted by Gasteiger charge is -2.41. The first-order valence-electron chi connectivity index (χ1n) is 6.74. The molecule has 0 bridgehead atoms. The van der Waals surface area contributed by atoms with E-state index in [9.17, 15) is 0 Å². The summed E-state index contributed by atoms with van der Waals surface area (Å²) in [6.07, 6.45) is 5.24. The zero-order valence-electron chi connectivity index (χ0n) is 10.7. The number of rotatable bonds is 3. The SMILES string of the molecule is CN(C)C(C1CCOCC1)C1CCCNC1. The van der Waals surface area contributed by atoms with E-state index >= 15 is 0 Å². The molecule has 0 radical (unpaired) electrons. The van der Waals surface area contributed by atoms with Gasteiger partial charge in [0, 0.05) is 19.3 Å². The summed E-state index contributed by atoms with van der Waals surface area (Å²) >= 11 is 0. The van der Waals surface area contributed by atoms with Crippen LogP contribution in [0.3, 0.4) is 0 Å². The molecule has 0 aromatic heterocycles. The van der Waals surface area contributed by atoms with Crippen LogP contribution in [0.15, 0.2) is 0 Å². The van der Waals surface area contributed by atoms with Gasteiger partial charge >= 0.3 is 0 Å². The Labute approximate surface area is 99.5 Å². The molecule has 2 rings (SSSR count). The Hall–Kier alpha value is -0.120. The molecule has 3 heteroatoms. The molecule has 2 atom stereocenters. The van der Waals surface area contributed by atoms with Crippen molar-refractivity contribution in [2.24, 2.45) is 11.8 Å². The van der Waals surface area contributed by atoms with Gasteiger partial charge in [0.25, 0.3) is 0 Å². The Balaban J connectivity index is 1.96. The van der Waals surface area contributed by atoms with E-state index in [1.165, 1.54) is 38.8 Å². The zero-order chi connectivity index (χ0) is 11.4. The minimum absolute atomic E-state index is 0.747. The minimum Gasteiger partial charge on any atom is -0.381 e. The molecule has 0 aliphatic carbocycles. The maximum atomic E-state index is 5.48. The molecule has 2 heterocycles. The van der Waals surface area contributed by atoms with E-state index in [2.05, 4.69) is 24.3 Å². The Morgan fingerprint density at radius 3 is 2.44 bits per heavy atom. The van der Waals surface area contributed by atoms with E-state index < -0.39 is 0 Å². The molecule has 3 nitrogen and oxygen atoms in total. The van der Waals surface area contributed by atoms with Crippen LogP contribution in [0.4, 0.5) is 0 Å². The normalized spacial score (nSPS) is 30.6. The van der Waals surface area contributed by atoms with E-state index in [0.29, 0.717) is 0 Å². The van der Waals surface area contributed by atoms with Crippen molar-refractivity contribution in [2.45, 2.75) is 31.7 Å². The standard InChI is InChI=1S/C13H26N2O/c1-15(2)13(11-5-8-16-9-6-11)12-4-3-7-14-10-12/h11-14H,3-10H2,1-2H3. The zero-order valence-corrected chi connectivity index (χ0v) is 10.7. The fourth-order valence-corrected chi connectivity index (χ4v) is 3.46. The van der Waals surface area contributed by atoms with Gasteiger partial charge in [0.05, 0.1) is 0 Å². The number of ether oxygens (including phenoxy) is 1. The van der Waals surface area contributed by atoms with Crippen LogP contribution < -0.4 is 5.32 Å². The van der Waals surface area contributed by atoms with Crippen LogP contribution in [0.25, 0.3) is 0 Å². The third-order valence-electron chi connectivity index (χ3n) is 4.16. The predicted molar refractivity (Wildman–Crippen MR) is 66.6 cm³/mol. The van der Waals surface area contributed by atoms with Crippen molar-refractivity contribution in [3.05, 3.63) is 0 Å². The molecule has 0 amide bonds. The summed E-state index contributed by atoms with van der Waals surface area (Å²) in [6, 6.07) is 0.747. The Bertz CT molecular complexity index is 178. The lowest BCUT2D eigenvalue weighted by atomic mass is 9.79. The van der Waals surface area contributed by atoms with Gasteiger partial charge in [0.2, 0.25) is 0 Å². The van der Waals surface area contributed by atoms with Gasteiger partial charge in [-0.3, -0.25) is 0 Å². The number of nitrogens with zero attached hydrogens (tertiary/aromatic N) is 1. The molecule has 0 spiro atoms. The molecule has 2 aliphatic heterocycles. The highest BCUT2D eigenvalue weighted by molar-refractivity contribution is 4.87. The van der Waals surface area contributed by atoms with Gasteiger partial charge < -0.3 is 15.0 Å². The summed E-state index contributed by atoms with van der Waals surface area (Å²) in [7, 11) is 4.49. The van der Waals surface area contributed by atoms with Crippen LogP contribution in [-0.2, 0) is 4.74 Å². The maximum absolute atomic E-state index is 5.48. The minimum atomic E-state index is 0.747. The molecule has 2 aliphatic rings. The first kappa shape index (κ1) is 12.3. The number of piperidine rings is 1. The second kappa shape index (κ2) is 5.99. The summed E-state index contributed by atoms with van der Waals surface area (Å²) in [5.74, 6) is 1.68. The van der Waals surface area contributed by atoms with Gasteiger partial charge in [0.15, 0.2) is 0 Å². The molecule has 16 heavy (non-hydrogen) atoms. The molecule has 1 N–H and O–H groups in total. The third-order valence-corrected chi connectivity index (χ3v) is 4.16. The van der Waals surface area contributed by atoms with Gasteiger partial charge in [-0.25, -0.2) is 0 Å². The van der Waals surface area contributed by atoms with Crippen molar-refractivity contribution in [3.8, 4) is 0 Å². The fraction of sp³-hybridized carbons (Fsp3) is 1.00. The summed E-state index contributed by atoms with van der Waals surface area (Å²) < 4.78 is 5.48. The largest absolute Gasteiger partial charge is 0.381 e. The molecular formula is C13H26N2O. The second-order valence-corrected chi connectivity index (χ2v) is 5.51. The maximum Gasteiger partial charge on any atom is 0.0469 e.